The number of pyridine rings is 1. The van der Waals surface area contributed by atoms with E-state index in [0.29, 0.717) is 4.47 Å². The molecular weight excluding hydrogens is 354 g/mol. The van der Waals surface area contributed by atoms with Gasteiger partial charge in [-0.05, 0) is 40.2 Å². The van der Waals surface area contributed by atoms with Gasteiger partial charge >= 0.3 is 0 Å². The molecule has 106 valence electrons. The van der Waals surface area contributed by atoms with E-state index in [9.17, 15) is 17.2 Å². The Kier molecular flexibility index (Phi) is 4.46. The Morgan fingerprint density at radius 1 is 1.20 bits per heavy atom. The lowest BCUT2D eigenvalue weighted by atomic mass is 10.2. The summed E-state index contributed by atoms with van der Waals surface area (Å²) >= 11 is 3.11. The average Bonchev–Trinajstić information content (AvgIpc) is 2.40. The number of hydrogen-bond acceptors (Lipinski definition) is 3. The number of sulfonamides is 1. The molecule has 0 bridgehead atoms. The molecule has 0 unspecified atom stereocenters. The van der Waals surface area contributed by atoms with E-state index < -0.39 is 21.7 Å². The molecule has 2 aromatic rings. The molecule has 1 aromatic heterocycles. The zero-order chi connectivity index (χ0) is 14.8. The molecule has 0 amide bonds. The molecule has 0 atom stereocenters. The van der Waals surface area contributed by atoms with Crippen LogP contribution in [-0.4, -0.2) is 13.4 Å². The predicted octanol–water partition coefficient (Wildman–Crippen LogP) is 2.60. The Labute approximate surface area is 123 Å². The molecule has 0 aliphatic rings. The predicted molar refractivity (Wildman–Crippen MR) is 72.3 cm³/mol. The number of halogens is 3. The summed E-state index contributed by atoms with van der Waals surface area (Å²) in [6.07, 6.45) is 2.60. The summed E-state index contributed by atoms with van der Waals surface area (Å²) in [4.78, 5) is 3.67. The molecule has 0 aliphatic heterocycles. The average molecular weight is 363 g/mol. The van der Waals surface area contributed by atoms with Crippen molar-refractivity contribution in [2.45, 2.75) is 11.4 Å². The van der Waals surface area contributed by atoms with Crippen molar-refractivity contribution in [3.63, 3.8) is 0 Å². The number of nitrogens with zero attached hydrogens (tertiary/aromatic N) is 1. The van der Waals surface area contributed by atoms with Crippen molar-refractivity contribution < 1.29 is 17.2 Å². The zero-order valence-corrected chi connectivity index (χ0v) is 12.4. The molecule has 4 nitrogen and oxygen atoms in total. The van der Waals surface area contributed by atoms with Gasteiger partial charge in [0.05, 0.1) is 0 Å². The van der Waals surface area contributed by atoms with Crippen LogP contribution in [0.1, 0.15) is 5.56 Å². The van der Waals surface area contributed by atoms with Gasteiger partial charge < -0.3 is 0 Å². The third kappa shape index (κ3) is 3.59. The lowest BCUT2D eigenvalue weighted by molar-refractivity contribution is 0.566. The van der Waals surface area contributed by atoms with Crippen molar-refractivity contribution in [2.24, 2.45) is 0 Å². The number of aromatic nitrogens is 1. The van der Waals surface area contributed by atoms with E-state index in [1.54, 1.807) is 0 Å². The first kappa shape index (κ1) is 15.0. The number of benzene rings is 1. The van der Waals surface area contributed by atoms with E-state index in [2.05, 4.69) is 25.6 Å². The van der Waals surface area contributed by atoms with Crippen molar-refractivity contribution in [2.75, 3.05) is 0 Å². The molecule has 1 N–H and O–H groups in total. The molecule has 1 aromatic carbocycles. The van der Waals surface area contributed by atoms with E-state index in [-0.39, 0.29) is 17.0 Å². The molecule has 20 heavy (non-hydrogen) atoms. The first-order chi connectivity index (χ1) is 9.38. The van der Waals surface area contributed by atoms with Crippen LogP contribution in [-0.2, 0) is 16.6 Å². The van der Waals surface area contributed by atoms with Crippen LogP contribution in [0.4, 0.5) is 8.78 Å². The molecule has 0 radical (unpaired) electrons. The third-order valence-electron chi connectivity index (χ3n) is 2.45. The van der Waals surface area contributed by atoms with Gasteiger partial charge in [-0.3, -0.25) is 4.98 Å². The molecule has 0 fully saturated rings. The maximum Gasteiger partial charge on any atom is 0.242 e. The van der Waals surface area contributed by atoms with Crippen molar-refractivity contribution in [3.05, 3.63) is 58.3 Å². The van der Waals surface area contributed by atoms with Crippen LogP contribution in [0.5, 0.6) is 0 Å². The van der Waals surface area contributed by atoms with Crippen molar-refractivity contribution in [1.82, 2.24) is 9.71 Å². The highest BCUT2D eigenvalue weighted by molar-refractivity contribution is 9.10. The molecule has 0 saturated carbocycles. The number of nitrogens with one attached hydrogen (secondary N) is 1. The minimum atomic E-state index is -3.84. The normalized spacial score (nSPS) is 11.6. The van der Waals surface area contributed by atoms with Crippen LogP contribution >= 0.6 is 15.9 Å². The van der Waals surface area contributed by atoms with E-state index in [0.717, 1.165) is 24.4 Å². The third-order valence-corrected chi connectivity index (χ3v) is 4.25. The maximum atomic E-state index is 13.4. The highest BCUT2D eigenvalue weighted by atomic mass is 79.9. The molecule has 0 aliphatic carbocycles. The molecule has 2 rings (SSSR count). The highest BCUT2D eigenvalue weighted by Gasteiger charge is 2.15. The summed E-state index contributed by atoms with van der Waals surface area (Å²) in [7, 11) is -3.84. The van der Waals surface area contributed by atoms with Crippen molar-refractivity contribution in [1.29, 1.82) is 0 Å². The Morgan fingerprint density at radius 3 is 2.65 bits per heavy atom. The van der Waals surface area contributed by atoms with Crippen LogP contribution in [0.15, 0.2) is 46.0 Å². The highest BCUT2D eigenvalue weighted by Crippen LogP contribution is 2.15. The summed E-state index contributed by atoms with van der Waals surface area (Å²) in [6, 6.07) is 4.21. The smallest absolute Gasteiger partial charge is 0.242 e. The second-order valence-electron chi connectivity index (χ2n) is 3.90. The molecule has 0 spiro atoms. The summed E-state index contributed by atoms with van der Waals surface area (Å²) in [5, 5.41) is 0. The fourth-order valence-electron chi connectivity index (χ4n) is 1.47. The summed E-state index contributed by atoms with van der Waals surface area (Å²) in [5.41, 5.74) is -0.0727. The first-order valence-electron chi connectivity index (χ1n) is 5.42. The molecular formula is C12H9BrF2N2O2S. The maximum absolute atomic E-state index is 13.4. The van der Waals surface area contributed by atoms with E-state index in [4.69, 9.17) is 0 Å². The molecule has 0 saturated heterocycles. The number of rotatable bonds is 4. The lowest BCUT2D eigenvalue weighted by Gasteiger charge is -2.07. The Morgan fingerprint density at radius 2 is 1.95 bits per heavy atom. The van der Waals surface area contributed by atoms with Gasteiger partial charge in [0.25, 0.3) is 0 Å². The van der Waals surface area contributed by atoms with Gasteiger partial charge in [0.1, 0.15) is 16.5 Å². The first-order valence-corrected chi connectivity index (χ1v) is 7.70. The lowest BCUT2D eigenvalue weighted by Crippen LogP contribution is -2.24. The molecule has 1 heterocycles. The van der Waals surface area contributed by atoms with Crippen LogP contribution in [0.2, 0.25) is 0 Å². The summed E-state index contributed by atoms with van der Waals surface area (Å²) in [5.74, 6) is -1.31. The minimum Gasteiger partial charge on any atom is -0.262 e. The van der Waals surface area contributed by atoms with Crippen molar-refractivity contribution >= 4 is 26.0 Å². The standard InChI is InChI=1S/C12H9BrF2N2O2S/c13-9-4-11(7-16-6-9)20(18,19)17-5-8-3-10(14)1-2-12(8)15/h1-4,6-7,17H,5H2. The largest absolute Gasteiger partial charge is 0.262 e. The zero-order valence-electron chi connectivity index (χ0n) is 9.98. The van der Waals surface area contributed by atoms with Crippen LogP contribution in [0, 0.1) is 11.6 Å². The fourth-order valence-corrected chi connectivity index (χ4v) is 2.98. The fraction of sp³-hybridized carbons (Fsp3) is 0.0833. The minimum absolute atomic E-state index is 0.0660. The van der Waals surface area contributed by atoms with Gasteiger partial charge in [0, 0.05) is 29.0 Å². The van der Waals surface area contributed by atoms with E-state index in [1.807, 2.05) is 0 Å². The van der Waals surface area contributed by atoms with Gasteiger partial charge in [0.2, 0.25) is 10.0 Å². The van der Waals surface area contributed by atoms with Gasteiger partial charge in [0.15, 0.2) is 0 Å². The summed E-state index contributed by atoms with van der Waals surface area (Å²) in [6.45, 7) is -0.349. The monoisotopic (exact) mass is 362 g/mol. The van der Waals surface area contributed by atoms with Gasteiger partial charge in [-0.15, -0.1) is 0 Å². The van der Waals surface area contributed by atoms with Crippen LogP contribution < -0.4 is 4.72 Å². The van der Waals surface area contributed by atoms with Gasteiger partial charge in [-0.25, -0.2) is 21.9 Å². The quantitative estimate of drug-likeness (QED) is 0.909. The van der Waals surface area contributed by atoms with E-state index in [1.165, 1.54) is 12.3 Å². The van der Waals surface area contributed by atoms with Gasteiger partial charge in [-0.1, -0.05) is 0 Å². The van der Waals surface area contributed by atoms with Crippen LogP contribution in [0.3, 0.4) is 0 Å². The van der Waals surface area contributed by atoms with Crippen molar-refractivity contribution in [3.8, 4) is 0 Å². The van der Waals surface area contributed by atoms with Crippen LogP contribution in [0.25, 0.3) is 0 Å². The topological polar surface area (TPSA) is 59.1 Å². The Hall–Kier alpha value is -1.38. The summed E-state index contributed by atoms with van der Waals surface area (Å²) < 4.78 is 53.0. The van der Waals surface area contributed by atoms with Gasteiger partial charge in [-0.2, -0.15) is 0 Å². The molecule has 8 heteroatoms. The van der Waals surface area contributed by atoms with E-state index >= 15 is 0 Å². The Bertz CT molecular complexity index is 738. The Balaban J connectivity index is 2.19. The second kappa shape index (κ2) is 5.94. The second-order valence-corrected chi connectivity index (χ2v) is 6.58. The SMILES string of the molecule is O=S(=O)(NCc1cc(F)ccc1F)c1cncc(Br)c1. The number of hydrogen-bond donors (Lipinski definition) is 1.